The summed E-state index contributed by atoms with van der Waals surface area (Å²) in [4.78, 5) is 39.6. The molecule has 0 unspecified atom stereocenters. The van der Waals surface area contributed by atoms with Gasteiger partial charge in [-0.15, -0.1) is 0 Å². The number of nitrogens with one attached hydrogen (secondary N) is 2. The second-order valence-corrected chi connectivity index (χ2v) is 10.1. The number of imide groups is 1. The van der Waals surface area contributed by atoms with Crippen LogP contribution in [0.3, 0.4) is 0 Å². The molecule has 8 rings (SSSR count). The van der Waals surface area contributed by atoms with Crippen molar-refractivity contribution in [3.63, 3.8) is 0 Å². The predicted octanol–water partition coefficient (Wildman–Crippen LogP) is 6.74. The van der Waals surface area contributed by atoms with Crippen LogP contribution in [-0.2, 0) is 0 Å². The molecule has 7 nitrogen and oxygen atoms in total. The number of nitrogens with zero attached hydrogens (tertiary/aromatic N) is 2. The zero-order chi connectivity index (χ0) is 27.0. The number of ether oxygens (including phenoxy) is 1. The van der Waals surface area contributed by atoms with E-state index in [0.29, 0.717) is 33.3 Å². The van der Waals surface area contributed by atoms with Crippen LogP contribution < -0.4 is 4.74 Å². The normalized spacial score (nSPS) is 13.4. The Morgan fingerprint density at radius 2 is 1.27 bits per heavy atom. The molecule has 1 aliphatic rings. The van der Waals surface area contributed by atoms with E-state index in [1.807, 2.05) is 66.7 Å². The van der Waals surface area contributed by atoms with Crippen molar-refractivity contribution in [1.82, 2.24) is 19.9 Å². The van der Waals surface area contributed by atoms with Gasteiger partial charge in [-0.3, -0.25) is 14.5 Å². The molecule has 192 valence electrons. The molecule has 0 spiro atoms. The Morgan fingerprint density at radius 3 is 1.95 bits per heavy atom. The summed E-state index contributed by atoms with van der Waals surface area (Å²) in [6.07, 6.45) is 1.36. The van der Waals surface area contributed by atoms with Crippen LogP contribution in [0.1, 0.15) is 37.9 Å². The smallest absolute Gasteiger partial charge is 0.262 e. The monoisotopic (exact) mass is 522 g/mol. The SMILES string of the molecule is CN1C(=O)c2c(c3c4cccc(OC(c5ccccc5)c5ccccc5)c4[nH]c3c3[nH]c4ncccc4c23)C1=O. The number of pyridine rings is 1. The Morgan fingerprint density at radius 1 is 0.675 bits per heavy atom. The van der Waals surface area contributed by atoms with E-state index in [9.17, 15) is 9.59 Å². The number of hydrogen-bond acceptors (Lipinski definition) is 4. The van der Waals surface area contributed by atoms with Gasteiger partial charge in [0.15, 0.2) is 0 Å². The molecule has 2 N–H and O–H groups in total. The molecule has 4 heterocycles. The van der Waals surface area contributed by atoms with Gasteiger partial charge in [-0.25, -0.2) is 4.98 Å². The largest absolute Gasteiger partial charge is 0.479 e. The van der Waals surface area contributed by atoms with Crippen LogP contribution in [0, 0.1) is 0 Å². The molecule has 1 aliphatic heterocycles. The van der Waals surface area contributed by atoms with E-state index in [2.05, 4.69) is 39.2 Å². The maximum atomic E-state index is 13.5. The highest BCUT2D eigenvalue weighted by molar-refractivity contribution is 6.39. The van der Waals surface area contributed by atoms with Crippen molar-refractivity contribution in [2.75, 3.05) is 7.05 Å². The van der Waals surface area contributed by atoms with Crippen LogP contribution in [0.4, 0.5) is 0 Å². The van der Waals surface area contributed by atoms with E-state index < -0.39 is 0 Å². The first-order valence-electron chi connectivity index (χ1n) is 13.1. The van der Waals surface area contributed by atoms with Crippen molar-refractivity contribution < 1.29 is 14.3 Å². The number of H-pyrrole nitrogens is 2. The van der Waals surface area contributed by atoms with Crippen LogP contribution in [0.2, 0.25) is 0 Å². The molecule has 4 aromatic carbocycles. The molecule has 0 fully saturated rings. The molecule has 0 saturated heterocycles. The summed E-state index contributed by atoms with van der Waals surface area (Å²) in [6.45, 7) is 0. The fourth-order valence-electron chi connectivity index (χ4n) is 6.02. The maximum absolute atomic E-state index is 13.5. The van der Waals surface area contributed by atoms with E-state index in [-0.39, 0.29) is 17.9 Å². The highest BCUT2D eigenvalue weighted by Crippen LogP contribution is 2.45. The lowest BCUT2D eigenvalue weighted by molar-refractivity contribution is 0.0694. The van der Waals surface area contributed by atoms with Gasteiger partial charge in [0, 0.05) is 34.8 Å². The number of hydrogen-bond donors (Lipinski definition) is 2. The van der Waals surface area contributed by atoms with Gasteiger partial charge in [0.05, 0.1) is 27.7 Å². The van der Waals surface area contributed by atoms with Crippen molar-refractivity contribution in [3.8, 4) is 5.75 Å². The first kappa shape index (κ1) is 22.5. The molecule has 7 aromatic rings. The number of rotatable bonds is 4. The molecule has 2 amide bonds. The number of benzene rings is 4. The summed E-state index contributed by atoms with van der Waals surface area (Å²) >= 11 is 0. The molecule has 0 saturated carbocycles. The lowest BCUT2D eigenvalue weighted by Crippen LogP contribution is -2.24. The zero-order valence-electron chi connectivity index (χ0n) is 21.4. The maximum Gasteiger partial charge on any atom is 0.262 e. The quantitative estimate of drug-likeness (QED) is 0.250. The number of aromatic amines is 2. The van der Waals surface area contributed by atoms with E-state index in [0.717, 1.165) is 38.4 Å². The number of carbonyl (C=O) groups is 2. The lowest BCUT2D eigenvalue weighted by Gasteiger charge is -2.20. The first-order valence-corrected chi connectivity index (χ1v) is 13.1. The van der Waals surface area contributed by atoms with Crippen LogP contribution in [0.25, 0.3) is 43.7 Å². The number of amides is 2. The van der Waals surface area contributed by atoms with Crippen LogP contribution >= 0.6 is 0 Å². The van der Waals surface area contributed by atoms with Gasteiger partial charge in [0.2, 0.25) is 0 Å². The van der Waals surface area contributed by atoms with Gasteiger partial charge in [0.1, 0.15) is 17.5 Å². The summed E-state index contributed by atoms with van der Waals surface area (Å²) in [7, 11) is 1.53. The molecule has 0 radical (unpaired) electrons. The van der Waals surface area contributed by atoms with Crippen molar-refractivity contribution in [2.24, 2.45) is 0 Å². The number of fused-ring (bicyclic) bond motifs is 10. The first-order chi connectivity index (χ1) is 19.6. The molecular weight excluding hydrogens is 500 g/mol. The molecule has 40 heavy (non-hydrogen) atoms. The van der Waals surface area contributed by atoms with Crippen LogP contribution in [-0.4, -0.2) is 38.7 Å². The minimum absolute atomic E-state index is 0.313. The van der Waals surface area contributed by atoms with Gasteiger partial charge in [-0.2, -0.15) is 0 Å². The van der Waals surface area contributed by atoms with E-state index in [4.69, 9.17) is 4.74 Å². The summed E-state index contributed by atoms with van der Waals surface area (Å²) < 4.78 is 6.77. The Bertz CT molecular complexity index is 2110. The molecule has 7 heteroatoms. The highest BCUT2D eigenvalue weighted by atomic mass is 16.5. The van der Waals surface area contributed by atoms with Crippen LogP contribution in [0.5, 0.6) is 5.75 Å². The third-order valence-corrected chi connectivity index (χ3v) is 7.85. The fourth-order valence-corrected chi connectivity index (χ4v) is 6.02. The summed E-state index contributed by atoms with van der Waals surface area (Å²) in [5.41, 5.74) is 5.76. The number of carbonyl (C=O) groups excluding carboxylic acids is 2. The predicted molar refractivity (Wildman–Crippen MR) is 155 cm³/mol. The Labute approximate surface area is 228 Å². The number of aromatic nitrogens is 3. The third kappa shape index (κ3) is 3.03. The molecular formula is C33H22N4O3. The third-order valence-electron chi connectivity index (χ3n) is 7.85. The standard InChI is InChI=1S/C33H22N4O3/c1-37-32(38)25-23-20-14-8-16-22(40-30(18-10-4-2-5-11-18)19-12-6-3-7-13-19)27(20)35-28(23)29-24(26(25)33(37)39)21-15-9-17-34-31(21)36-29/h2-17,30,35H,1H3,(H,34,36). The minimum Gasteiger partial charge on any atom is -0.479 e. The van der Waals surface area contributed by atoms with Crippen molar-refractivity contribution >= 4 is 55.6 Å². The van der Waals surface area contributed by atoms with Gasteiger partial charge in [0.25, 0.3) is 11.8 Å². The molecule has 0 bridgehead atoms. The summed E-state index contributed by atoms with van der Waals surface area (Å²) in [5, 5.41) is 3.02. The topological polar surface area (TPSA) is 91.1 Å². The van der Waals surface area contributed by atoms with Gasteiger partial charge >= 0.3 is 0 Å². The van der Waals surface area contributed by atoms with Gasteiger partial charge in [-0.1, -0.05) is 72.8 Å². The molecule has 3 aromatic heterocycles. The van der Waals surface area contributed by atoms with Crippen molar-refractivity contribution in [1.29, 1.82) is 0 Å². The molecule has 0 aliphatic carbocycles. The fraction of sp³-hybridized carbons (Fsp3) is 0.0606. The van der Waals surface area contributed by atoms with E-state index in [1.165, 1.54) is 11.9 Å². The van der Waals surface area contributed by atoms with Crippen LogP contribution in [0.15, 0.2) is 97.2 Å². The Balaban J connectivity index is 1.43. The van der Waals surface area contributed by atoms with Crippen molar-refractivity contribution in [2.45, 2.75) is 6.10 Å². The summed E-state index contributed by atoms with van der Waals surface area (Å²) in [5.74, 6) is 0.0168. The second-order valence-electron chi connectivity index (χ2n) is 10.1. The van der Waals surface area contributed by atoms with E-state index >= 15 is 0 Å². The number of para-hydroxylation sites is 1. The van der Waals surface area contributed by atoms with Gasteiger partial charge < -0.3 is 14.7 Å². The highest BCUT2D eigenvalue weighted by Gasteiger charge is 2.39. The average molecular weight is 523 g/mol. The van der Waals surface area contributed by atoms with Gasteiger partial charge in [-0.05, 0) is 29.3 Å². The zero-order valence-corrected chi connectivity index (χ0v) is 21.4. The molecule has 0 atom stereocenters. The van der Waals surface area contributed by atoms with E-state index in [1.54, 1.807) is 6.20 Å². The second kappa shape index (κ2) is 8.28. The van der Waals surface area contributed by atoms with Crippen molar-refractivity contribution in [3.05, 3.63) is 119 Å². The Hall–Kier alpha value is -5.43. The summed E-state index contributed by atoms with van der Waals surface area (Å²) in [6, 6.07) is 29.8. The average Bonchev–Trinajstić information content (AvgIpc) is 3.64. The Kier molecular flexibility index (Phi) is 4.67. The lowest BCUT2D eigenvalue weighted by atomic mass is 9.97. The minimum atomic E-state index is -0.350.